The van der Waals surface area contributed by atoms with E-state index in [4.69, 9.17) is 18.0 Å². The van der Waals surface area contributed by atoms with Gasteiger partial charge in [0.2, 0.25) is 5.91 Å². The number of nitrogens with zero attached hydrogens (tertiary/aromatic N) is 2. The number of carbonyl (C=O) groups is 1. The van der Waals surface area contributed by atoms with Gasteiger partial charge in [-0.1, -0.05) is 33.0 Å². The Morgan fingerprint density at radius 2 is 1.82 bits per heavy atom. The summed E-state index contributed by atoms with van der Waals surface area (Å²) in [6, 6.07) is 0. The van der Waals surface area contributed by atoms with Gasteiger partial charge in [-0.25, -0.2) is 0 Å². The minimum Gasteiger partial charge on any atom is -0.393 e. The number of amides is 1. The van der Waals surface area contributed by atoms with E-state index in [9.17, 15) is 4.79 Å². The number of likely N-dealkylation sites (N-methyl/N-ethyl adjacent to an activating group) is 2. The van der Waals surface area contributed by atoms with Gasteiger partial charge in [-0.3, -0.25) is 9.69 Å². The van der Waals surface area contributed by atoms with Crippen molar-refractivity contribution < 1.29 is 4.79 Å². The van der Waals surface area contributed by atoms with Crippen LogP contribution in [0.3, 0.4) is 0 Å². The molecule has 0 spiro atoms. The summed E-state index contributed by atoms with van der Waals surface area (Å²) in [4.78, 5) is 16.0. The van der Waals surface area contributed by atoms with E-state index in [1.807, 2.05) is 11.9 Å². The van der Waals surface area contributed by atoms with Crippen molar-refractivity contribution in [1.29, 1.82) is 0 Å². The highest BCUT2D eigenvalue weighted by molar-refractivity contribution is 7.80. The predicted octanol–water partition coefficient (Wildman–Crippen LogP) is 1.10. The van der Waals surface area contributed by atoms with Gasteiger partial charge in [-0.2, -0.15) is 0 Å². The van der Waals surface area contributed by atoms with Gasteiger partial charge < -0.3 is 10.6 Å². The third-order valence-electron chi connectivity index (χ3n) is 2.27. The predicted molar refractivity (Wildman–Crippen MR) is 76.0 cm³/mol. The van der Waals surface area contributed by atoms with E-state index in [2.05, 4.69) is 20.8 Å². The van der Waals surface area contributed by atoms with Crippen molar-refractivity contribution in [3.8, 4) is 0 Å². The smallest absolute Gasteiger partial charge is 0.236 e. The Balaban J connectivity index is 4.03. The molecular weight excluding hydrogens is 234 g/mol. The molecule has 0 rings (SSSR count). The molecule has 5 heteroatoms. The first kappa shape index (κ1) is 16.3. The third kappa shape index (κ3) is 9.06. The second-order valence-electron chi connectivity index (χ2n) is 5.76. The molecule has 0 heterocycles. The number of hydrogen-bond donors (Lipinski definition) is 1. The molecule has 0 aliphatic carbocycles. The molecule has 0 saturated heterocycles. The highest BCUT2D eigenvalue weighted by atomic mass is 32.1. The summed E-state index contributed by atoms with van der Waals surface area (Å²) < 4.78 is 0. The van der Waals surface area contributed by atoms with Crippen molar-refractivity contribution in [2.45, 2.75) is 27.2 Å². The molecule has 0 bridgehead atoms. The molecule has 100 valence electrons. The van der Waals surface area contributed by atoms with Crippen LogP contribution in [0.4, 0.5) is 0 Å². The zero-order chi connectivity index (χ0) is 13.6. The van der Waals surface area contributed by atoms with Crippen molar-refractivity contribution in [1.82, 2.24) is 9.80 Å². The largest absolute Gasteiger partial charge is 0.393 e. The molecule has 0 unspecified atom stereocenters. The molecule has 0 atom stereocenters. The minimum atomic E-state index is 0.105. The summed E-state index contributed by atoms with van der Waals surface area (Å²) in [6.07, 6.45) is 0.584. The van der Waals surface area contributed by atoms with E-state index in [1.54, 1.807) is 11.9 Å². The topological polar surface area (TPSA) is 49.6 Å². The first-order valence-electron chi connectivity index (χ1n) is 5.82. The zero-order valence-electron chi connectivity index (χ0n) is 11.6. The van der Waals surface area contributed by atoms with E-state index in [-0.39, 0.29) is 11.3 Å². The number of carbonyl (C=O) groups excluding carboxylic acids is 1. The lowest BCUT2D eigenvalue weighted by Crippen LogP contribution is -2.40. The van der Waals surface area contributed by atoms with E-state index in [1.165, 1.54) is 0 Å². The minimum absolute atomic E-state index is 0.105. The molecule has 4 nitrogen and oxygen atoms in total. The average molecular weight is 259 g/mol. The van der Waals surface area contributed by atoms with Gasteiger partial charge >= 0.3 is 0 Å². The molecule has 0 saturated carbocycles. The number of nitrogens with two attached hydrogens (primary N) is 1. The quantitative estimate of drug-likeness (QED) is 0.726. The molecular formula is C12H25N3OS. The van der Waals surface area contributed by atoms with Gasteiger partial charge in [-0.05, 0) is 12.5 Å². The van der Waals surface area contributed by atoms with Crippen LogP contribution in [0.5, 0.6) is 0 Å². The molecule has 0 aromatic heterocycles. The molecule has 0 aromatic rings. The Kier molecular flexibility index (Phi) is 6.64. The lowest BCUT2D eigenvalue weighted by atomic mass is 9.96. The Morgan fingerprint density at radius 3 is 2.24 bits per heavy atom. The SMILES string of the molecule is CN(CC(=O)N(C)CCC(N)=S)CC(C)(C)C. The fraction of sp³-hybridized carbons (Fsp3) is 0.833. The van der Waals surface area contributed by atoms with E-state index >= 15 is 0 Å². The first-order valence-corrected chi connectivity index (χ1v) is 6.23. The molecule has 2 N–H and O–H groups in total. The van der Waals surface area contributed by atoms with E-state index in [0.717, 1.165) is 6.54 Å². The highest BCUT2D eigenvalue weighted by Gasteiger charge is 2.17. The van der Waals surface area contributed by atoms with Crippen LogP contribution in [-0.2, 0) is 4.79 Å². The van der Waals surface area contributed by atoms with Crippen LogP contribution in [0.15, 0.2) is 0 Å². The van der Waals surface area contributed by atoms with Crippen molar-refractivity contribution in [2.75, 3.05) is 33.7 Å². The summed E-state index contributed by atoms with van der Waals surface area (Å²) in [5.74, 6) is 0.105. The second-order valence-corrected chi connectivity index (χ2v) is 6.29. The summed E-state index contributed by atoms with van der Waals surface area (Å²) >= 11 is 4.79. The van der Waals surface area contributed by atoms with Crippen LogP contribution < -0.4 is 5.73 Å². The van der Waals surface area contributed by atoms with Crippen LogP contribution >= 0.6 is 12.2 Å². The standard InChI is InChI=1S/C12H25N3OS/c1-12(2,3)9-14(4)8-11(16)15(5)7-6-10(13)17/h6-9H2,1-5H3,(H2,13,17). The molecule has 0 radical (unpaired) electrons. The maximum atomic E-state index is 11.9. The summed E-state index contributed by atoms with van der Waals surface area (Å²) in [7, 11) is 3.75. The van der Waals surface area contributed by atoms with Crippen LogP contribution in [0.1, 0.15) is 27.2 Å². The Labute approximate surface area is 110 Å². The Morgan fingerprint density at radius 1 is 1.29 bits per heavy atom. The monoisotopic (exact) mass is 259 g/mol. The fourth-order valence-electron chi connectivity index (χ4n) is 1.62. The van der Waals surface area contributed by atoms with Gasteiger partial charge in [0.15, 0.2) is 0 Å². The molecule has 17 heavy (non-hydrogen) atoms. The number of thiocarbonyl (C=S) groups is 1. The average Bonchev–Trinajstić information content (AvgIpc) is 2.10. The fourth-order valence-corrected chi connectivity index (χ4v) is 1.71. The van der Waals surface area contributed by atoms with Crippen molar-refractivity contribution in [3.05, 3.63) is 0 Å². The maximum Gasteiger partial charge on any atom is 0.236 e. The first-order chi connectivity index (χ1) is 7.61. The van der Waals surface area contributed by atoms with E-state index < -0.39 is 0 Å². The van der Waals surface area contributed by atoms with Gasteiger partial charge in [0.05, 0.1) is 11.5 Å². The zero-order valence-corrected chi connectivity index (χ0v) is 12.4. The van der Waals surface area contributed by atoms with Crippen molar-refractivity contribution in [2.24, 2.45) is 11.1 Å². The maximum absolute atomic E-state index is 11.9. The lowest BCUT2D eigenvalue weighted by molar-refractivity contribution is -0.130. The third-order valence-corrected chi connectivity index (χ3v) is 2.47. The van der Waals surface area contributed by atoms with Crippen LogP contribution in [-0.4, -0.2) is 54.4 Å². The van der Waals surface area contributed by atoms with Crippen molar-refractivity contribution >= 4 is 23.1 Å². The molecule has 1 amide bonds. The van der Waals surface area contributed by atoms with Gasteiger partial charge in [0, 0.05) is 26.6 Å². The van der Waals surface area contributed by atoms with Gasteiger partial charge in [0.25, 0.3) is 0 Å². The molecule has 0 aliphatic rings. The van der Waals surface area contributed by atoms with Crippen LogP contribution in [0.2, 0.25) is 0 Å². The number of hydrogen-bond acceptors (Lipinski definition) is 3. The van der Waals surface area contributed by atoms with Crippen molar-refractivity contribution in [3.63, 3.8) is 0 Å². The Hall–Kier alpha value is -0.680. The summed E-state index contributed by atoms with van der Waals surface area (Å²) in [5, 5.41) is 0. The number of rotatable bonds is 6. The molecule has 0 aliphatic heterocycles. The van der Waals surface area contributed by atoms with Gasteiger partial charge in [0.1, 0.15) is 0 Å². The summed E-state index contributed by atoms with van der Waals surface area (Å²) in [5.41, 5.74) is 5.61. The highest BCUT2D eigenvalue weighted by Crippen LogP contribution is 2.13. The summed E-state index contributed by atoms with van der Waals surface area (Å²) in [6.45, 7) is 8.39. The molecule has 0 fully saturated rings. The van der Waals surface area contributed by atoms with E-state index in [0.29, 0.717) is 24.5 Å². The normalized spacial score (nSPS) is 11.6. The van der Waals surface area contributed by atoms with Gasteiger partial charge in [-0.15, -0.1) is 0 Å². The molecule has 0 aromatic carbocycles. The lowest BCUT2D eigenvalue weighted by Gasteiger charge is -2.27. The Bertz CT molecular complexity index is 273. The van der Waals surface area contributed by atoms with Crippen LogP contribution in [0, 0.1) is 5.41 Å². The van der Waals surface area contributed by atoms with Crippen LogP contribution in [0.25, 0.3) is 0 Å². The second kappa shape index (κ2) is 6.91.